The largest absolute Gasteiger partial charge is 0.444 e. The predicted octanol–water partition coefficient (Wildman–Crippen LogP) is 1.03. The molecule has 13 heteroatoms. The van der Waals surface area contributed by atoms with Crippen LogP contribution in [0, 0.1) is 0 Å². The van der Waals surface area contributed by atoms with Crippen molar-refractivity contribution in [3.05, 3.63) is 52.1 Å². The topological polar surface area (TPSA) is 166 Å². The van der Waals surface area contributed by atoms with Crippen LogP contribution in [-0.4, -0.2) is 97.6 Å². The Morgan fingerprint density at radius 1 is 1.05 bits per heavy atom. The molecular weight excluding hydrogens is 532 g/mol. The number of nitrogens with zero attached hydrogens (tertiary/aromatic N) is 4. The number of aryl methyl sites for hydroxylation is 1. The van der Waals surface area contributed by atoms with Crippen LogP contribution in [0.4, 0.5) is 15.4 Å². The number of carbonyl (C=O) groups excluding carboxylic acids is 3. The summed E-state index contributed by atoms with van der Waals surface area (Å²) in [6.07, 6.45) is 2.40. The van der Waals surface area contributed by atoms with Crippen LogP contribution in [0.3, 0.4) is 0 Å². The zero-order valence-electron chi connectivity index (χ0n) is 23.8. The molecule has 4 N–H and O–H groups in total. The lowest BCUT2D eigenvalue weighted by Crippen LogP contribution is -2.63. The van der Waals surface area contributed by atoms with Crippen molar-refractivity contribution in [1.29, 1.82) is 0 Å². The summed E-state index contributed by atoms with van der Waals surface area (Å²) in [6.45, 7) is 6.63. The van der Waals surface area contributed by atoms with E-state index >= 15 is 0 Å². The Labute approximate surface area is 238 Å². The Morgan fingerprint density at radius 2 is 1.73 bits per heavy atom. The number of alkyl carbamates (subject to hydrolysis) is 1. The molecule has 0 radical (unpaired) electrons. The van der Waals surface area contributed by atoms with Gasteiger partial charge in [0.2, 0.25) is 0 Å². The third kappa shape index (κ3) is 7.22. The third-order valence-electron chi connectivity index (χ3n) is 7.13. The van der Waals surface area contributed by atoms with Crippen molar-refractivity contribution in [3.8, 4) is 5.69 Å². The van der Waals surface area contributed by atoms with Crippen molar-refractivity contribution in [3.63, 3.8) is 0 Å². The van der Waals surface area contributed by atoms with Gasteiger partial charge in [0.05, 0.1) is 18.4 Å². The minimum Gasteiger partial charge on any atom is -0.444 e. The van der Waals surface area contributed by atoms with E-state index in [1.807, 2.05) is 18.2 Å². The van der Waals surface area contributed by atoms with Gasteiger partial charge in [0.25, 0.3) is 5.91 Å². The molecule has 222 valence electrons. The van der Waals surface area contributed by atoms with Crippen molar-refractivity contribution < 1.29 is 29.3 Å². The molecule has 13 nitrogen and oxygen atoms in total. The number of aromatic nitrogens is 2. The summed E-state index contributed by atoms with van der Waals surface area (Å²) in [6, 6.07) is 6.72. The SMILES string of the molecule is CC(C)(C)OC(=O)NC(C)(CO)C(=O)N1CCN(C(=O)Nc2ccn(-c3ccc4c(c3)CCC(O)C4)c(=O)n2)CC1. The average molecular weight is 571 g/mol. The number of amides is 4. The van der Waals surface area contributed by atoms with Gasteiger partial charge < -0.3 is 30.1 Å². The van der Waals surface area contributed by atoms with Gasteiger partial charge in [0, 0.05) is 32.4 Å². The molecule has 0 spiro atoms. The second-order valence-electron chi connectivity index (χ2n) is 11.6. The number of benzene rings is 1. The van der Waals surface area contributed by atoms with Crippen LogP contribution in [0.5, 0.6) is 0 Å². The van der Waals surface area contributed by atoms with E-state index in [4.69, 9.17) is 4.74 Å². The van der Waals surface area contributed by atoms with Crippen molar-refractivity contribution in [2.75, 3.05) is 38.1 Å². The first kappa shape index (κ1) is 30.0. The minimum atomic E-state index is -1.58. The number of aliphatic hydroxyl groups is 2. The number of urea groups is 1. The lowest BCUT2D eigenvalue weighted by molar-refractivity contribution is -0.140. The van der Waals surface area contributed by atoms with Crippen molar-refractivity contribution in [2.45, 2.75) is 64.2 Å². The average Bonchev–Trinajstić information content (AvgIpc) is 2.91. The standard InChI is InChI=1S/C28H38N6O7/c1-27(2,3)41-26(40)31-28(4,17-35)23(37)32-11-13-33(14-12-32)24(38)29-22-9-10-34(25(39)30-22)20-7-5-19-16-21(36)8-6-18(19)15-20/h5,7,9-10,15,21,35-36H,6,8,11-14,16-17H2,1-4H3,(H,31,40)(H,29,30,38,39). The molecule has 4 rings (SSSR count). The molecule has 2 aromatic rings. The number of ether oxygens (including phenoxy) is 1. The van der Waals surface area contributed by atoms with E-state index in [0.717, 1.165) is 17.5 Å². The van der Waals surface area contributed by atoms with E-state index in [0.29, 0.717) is 18.5 Å². The van der Waals surface area contributed by atoms with Gasteiger partial charge in [-0.2, -0.15) is 4.98 Å². The van der Waals surface area contributed by atoms with Crippen LogP contribution in [-0.2, 0) is 22.4 Å². The molecule has 1 fully saturated rings. The maximum absolute atomic E-state index is 13.1. The van der Waals surface area contributed by atoms with Gasteiger partial charge in [0.1, 0.15) is 17.0 Å². The van der Waals surface area contributed by atoms with Crippen molar-refractivity contribution >= 4 is 23.8 Å². The number of rotatable bonds is 5. The van der Waals surface area contributed by atoms with E-state index in [2.05, 4.69) is 15.6 Å². The van der Waals surface area contributed by atoms with Crippen LogP contribution in [0.15, 0.2) is 35.3 Å². The molecule has 1 aliphatic heterocycles. The Kier molecular flexibility index (Phi) is 8.69. The Hall–Kier alpha value is -3.97. The molecule has 1 aromatic heterocycles. The predicted molar refractivity (Wildman–Crippen MR) is 150 cm³/mol. The van der Waals surface area contributed by atoms with E-state index in [-0.39, 0.29) is 38.1 Å². The van der Waals surface area contributed by atoms with Gasteiger partial charge >= 0.3 is 17.8 Å². The molecule has 2 atom stereocenters. The molecule has 1 aliphatic carbocycles. The third-order valence-corrected chi connectivity index (χ3v) is 7.13. The number of anilines is 1. The van der Waals surface area contributed by atoms with E-state index < -0.39 is 41.5 Å². The lowest BCUT2D eigenvalue weighted by atomic mass is 9.89. The highest BCUT2D eigenvalue weighted by Crippen LogP contribution is 2.24. The molecule has 2 heterocycles. The minimum absolute atomic E-state index is 0.102. The summed E-state index contributed by atoms with van der Waals surface area (Å²) in [5.74, 6) is -0.389. The second-order valence-corrected chi connectivity index (χ2v) is 11.6. The molecule has 0 saturated carbocycles. The van der Waals surface area contributed by atoms with Crippen LogP contribution < -0.4 is 16.3 Å². The molecule has 4 amide bonds. The summed E-state index contributed by atoms with van der Waals surface area (Å²) >= 11 is 0. The first-order valence-electron chi connectivity index (χ1n) is 13.7. The summed E-state index contributed by atoms with van der Waals surface area (Å²) in [4.78, 5) is 57.9. The van der Waals surface area contributed by atoms with Crippen LogP contribution >= 0.6 is 0 Å². The van der Waals surface area contributed by atoms with Crippen LogP contribution in [0.25, 0.3) is 5.69 Å². The highest BCUT2D eigenvalue weighted by atomic mass is 16.6. The fourth-order valence-corrected chi connectivity index (χ4v) is 4.88. The highest BCUT2D eigenvalue weighted by Gasteiger charge is 2.40. The molecule has 1 aromatic carbocycles. The van der Waals surface area contributed by atoms with Gasteiger partial charge in [0.15, 0.2) is 0 Å². The summed E-state index contributed by atoms with van der Waals surface area (Å²) in [7, 11) is 0. The Bertz CT molecular complexity index is 1360. The normalized spacial score (nSPS) is 18.6. The second kappa shape index (κ2) is 11.9. The summed E-state index contributed by atoms with van der Waals surface area (Å²) in [5, 5.41) is 24.8. The van der Waals surface area contributed by atoms with Gasteiger partial charge in [-0.1, -0.05) is 6.07 Å². The number of carbonyl (C=O) groups is 3. The molecule has 2 aliphatic rings. The van der Waals surface area contributed by atoms with Crippen LogP contribution in [0.2, 0.25) is 0 Å². The Morgan fingerprint density at radius 3 is 2.37 bits per heavy atom. The van der Waals surface area contributed by atoms with Gasteiger partial charge in [-0.3, -0.25) is 14.7 Å². The van der Waals surface area contributed by atoms with Gasteiger partial charge in [-0.05, 0) is 76.3 Å². The first-order chi connectivity index (χ1) is 19.3. The number of piperazine rings is 1. The van der Waals surface area contributed by atoms with E-state index in [1.165, 1.54) is 27.4 Å². The number of hydrogen-bond acceptors (Lipinski definition) is 8. The summed E-state index contributed by atoms with van der Waals surface area (Å²) in [5.41, 5.74) is -0.0774. The van der Waals surface area contributed by atoms with Gasteiger partial charge in [-0.15, -0.1) is 0 Å². The smallest absolute Gasteiger partial charge is 0.408 e. The summed E-state index contributed by atoms with van der Waals surface area (Å²) < 4.78 is 6.61. The van der Waals surface area contributed by atoms with E-state index in [9.17, 15) is 29.4 Å². The molecule has 2 unspecified atom stereocenters. The molecule has 0 bridgehead atoms. The quantitative estimate of drug-likeness (QED) is 0.414. The number of aliphatic hydroxyl groups excluding tert-OH is 2. The fourth-order valence-electron chi connectivity index (χ4n) is 4.88. The number of nitrogens with one attached hydrogen (secondary N) is 2. The van der Waals surface area contributed by atoms with Gasteiger partial charge in [-0.25, -0.2) is 14.4 Å². The van der Waals surface area contributed by atoms with Crippen molar-refractivity contribution in [2.24, 2.45) is 0 Å². The number of fused-ring (bicyclic) bond motifs is 1. The number of hydrogen-bond donors (Lipinski definition) is 4. The Balaban J connectivity index is 1.33. The van der Waals surface area contributed by atoms with Crippen LogP contribution in [0.1, 0.15) is 45.2 Å². The maximum Gasteiger partial charge on any atom is 0.408 e. The molecule has 41 heavy (non-hydrogen) atoms. The molecular formula is C28H38N6O7. The zero-order chi connectivity index (χ0) is 29.9. The van der Waals surface area contributed by atoms with E-state index in [1.54, 1.807) is 27.0 Å². The van der Waals surface area contributed by atoms with Crippen molar-refractivity contribution in [1.82, 2.24) is 24.7 Å². The molecule has 1 saturated heterocycles. The monoisotopic (exact) mass is 570 g/mol. The fraction of sp³-hybridized carbons (Fsp3) is 0.536. The zero-order valence-corrected chi connectivity index (χ0v) is 23.8. The highest BCUT2D eigenvalue weighted by molar-refractivity contribution is 5.91. The lowest BCUT2D eigenvalue weighted by Gasteiger charge is -2.39. The maximum atomic E-state index is 13.1. The first-order valence-corrected chi connectivity index (χ1v) is 13.7.